The second kappa shape index (κ2) is 8.18. The molecule has 3 heteroatoms. The summed E-state index contributed by atoms with van der Waals surface area (Å²) in [7, 11) is 0. The van der Waals surface area contributed by atoms with E-state index < -0.39 is 0 Å². The molecule has 2 aromatic rings. The molecule has 0 radical (unpaired) electrons. The van der Waals surface area contributed by atoms with E-state index in [2.05, 4.69) is 58.0 Å². The number of phenolic OH excluding ortho intramolecular Hbond substituents is 1. The molecule has 5 atom stereocenters. The van der Waals surface area contributed by atoms with Crippen LogP contribution in [0.15, 0.2) is 42.5 Å². The van der Waals surface area contributed by atoms with Crippen molar-refractivity contribution in [3.63, 3.8) is 0 Å². The molecule has 0 aliphatic heterocycles. The number of aryl methyl sites for hydroxylation is 2. The number of phenols is 1. The Morgan fingerprint density at radius 1 is 1.09 bits per heavy atom. The molecule has 3 aliphatic carbocycles. The monoisotopic (exact) mass is 446 g/mol. The highest BCUT2D eigenvalue weighted by Gasteiger charge is 2.58. The summed E-state index contributed by atoms with van der Waals surface area (Å²) in [6.07, 6.45) is 7.12. The fourth-order valence-electron chi connectivity index (χ4n) is 7.32. The first-order valence-electron chi connectivity index (χ1n) is 12.8. The lowest BCUT2D eigenvalue weighted by Crippen LogP contribution is -2.44. The largest absolute Gasteiger partial charge is 0.508 e. The van der Waals surface area contributed by atoms with Crippen LogP contribution >= 0.6 is 0 Å². The molecule has 3 aliphatic rings. The molecule has 2 aromatic carbocycles. The van der Waals surface area contributed by atoms with Crippen LogP contribution in [-0.4, -0.2) is 16.5 Å². The molecule has 1 N–H and O–H groups in total. The normalized spacial score (nSPS) is 31.0. The van der Waals surface area contributed by atoms with Crippen molar-refractivity contribution in [3.05, 3.63) is 59.2 Å². The molecule has 0 heterocycles. The lowest BCUT2D eigenvalue weighted by molar-refractivity contribution is -0.129. The van der Waals surface area contributed by atoms with Gasteiger partial charge in [-0.1, -0.05) is 25.1 Å². The molecule has 0 unspecified atom stereocenters. The van der Waals surface area contributed by atoms with Gasteiger partial charge in [0.25, 0.3) is 0 Å². The molecule has 2 saturated carbocycles. The van der Waals surface area contributed by atoms with Crippen LogP contribution in [0.1, 0.15) is 82.4 Å². The van der Waals surface area contributed by atoms with Gasteiger partial charge in [0.2, 0.25) is 0 Å². The maximum Gasteiger partial charge on any atom is 0.139 e. The number of carbonyl (C=O) groups excluding carboxylic acids is 1. The van der Waals surface area contributed by atoms with E-state index in [1.165, 1.54) is 16.7 Å². The number of rotatable bonds is 4. The quantitative estimate of drug-likeness (QED) is 0.558. The second-order valence-electron chi connectivity index (χ2n) is 12.0. The first-order chi connectivity index (χ1) is 15.6. The summed E-state index contributed by atoms with van der Waals surface area (Å²) < 4.78 is 5.97. The highest BCUT2D eigenvalue weighted by Crippen LogP contribution is 2.62. The van der Waals surface area contributed by atoms with Crippen molar-refractivity contribution in [2.24, 2.45) is 23.2 Å². The summed E-state index contributed by atoms with van der Waals surface area (Å²) in [4.78, 5) is 13.2. The van der Waals surface area contributed by atoms with Crippen molar-refractivity contribution in [1.29, 1.82) is 0 Å². The minimum atomic E-state index is -0.189. The highest BCUT2D eigenvalue weighted by molar-refractivity contribution is 5.87. The van der Waals surface area contributed by atoms with Crippen LogP contribution in [0.4, 0.5) is 0 Å². The smallest absolute Gasteiger partial charge is 0.139 e. The molecule has 0 amide bonds. The minimum absolute atomic E-state index is 0.148. The fraction of sp³-hybridized carbons (Fsp3) is 0.567. The predicted octanol–water partition coefficient (Wildman–Crippen LogP) is 6.85. The summed E-state index contributed by atoms with van der Waals surface area (Å²) in [5, 5.41) is 9.95. The Kier molecular flexibility index (Phi) is 5.58. The number of aromatic hydroxyl groups is 1. The third-order valence-electron chi connectivity index (χ3n) is 8.71. The molecular weight excluding hydrogens is 408 g/mol. The van der Waals surface area contributed by atoms with Gasteiger partial charge < -0.3 is 9.84 Å². The van der Waals surface area contributed by atoms with Gasteiger partial charge in [-0.25, -0.2) is 0 Å². The number of hydrogen-bond donors (Lipinski definition) is 1. The van der Waals surface area contributed by atoms with Gasteiger partial charge in [-0.3, -0.25) is 4.79 Å². The van der Waals surface area contributed by atoms with E-state index in [4.69, 9.17) is 4.74 Å². The summed E-state index contributed by atoms with van der Waals surface area (Å²) >= 11 is 0. The van der Waals surface area contributed by atoms with E-state index in [9.17, 15) is 9.90 Å². The van der Waals surface area contributed by atoms with Crippen molar-refractivity contribution in [3.8, 4) is 11.5 Å². The van der Waals surface area contributed by atoms with Crippen molar-refractivity contribution in [2.75, 3.05) is 0 Å². The summed E-state index contributed by atoms with van der Waals surface area (Å²) in [6, 6.07) is 14.5. The first kappa shape index (κ1) is 22.5. The van der Waals surface area contributed by atoms with Crippen LogP contribution in [0.3, 0.4) is 0 Å². The van der Waals surface area contributed by atoms with E-state index >= 15 is 0 Å². The van der Waals surface area contributed by atoms with Gasteiger partial charge in [-0.15, -0.1) is 0 Å². The van der Waals surface area contributed by atoms with E-state index in [-0.39, 0.29) is 11.0 Å². The lowest BCUT2D eigenvalue weighted by atomic mass is 9.54. The Labute approximate surface area is 198 Å². The summed E-state index contributed by atoms with van der Waals surface area (Å²) in [6.45, 7) is 8.47. The average molecular weight is 447 g/mol. The molecule has 2 fully saturated rings. The molecule has 0 aromatic heterocycles. The van der Waals surface area contributed by atoms with E-state index in [0.29, 0.717) is 35.2 Å². The Bertz CT molecular complexity index is 1030. The zero-order valence-corrected chi connectivity index (χ0v) is 20.6. The number of fused-ring (bicyclic) bond motifs is 5. The third kappa shape index (κ3) is 4.20. The molecule has 0 bridgehead atoms. The van der Waals surface area contributed by atoms with E-state index in [1.54, 1.807) is 0 Å². The first-order valence-corrected chi connectivity index (χ1v) is 12.8. The fourth-order valence-corrected chi connectivity index (χ4v) is 7.32. The topological polar surface area (TPSA) is 46.5 Å². The van der Waals surface area contributed by atoms with Gasteiger partial charge >= 0.3 is 0 Å². The maximum absolute atomic E-state index is 13.2. The number of ether oxygens (including phenoxy) is 1. The number of ketones is 1. The molecule has 3 nitrogen and oxygen atoms in total. The SMILES string of the molecule is CC(C)(C)Oc1ccc(CC[C@@H]2CC(=O)[C@@]3(C)CC[C@@H]4c5ccc(O)cc5CC[C@H]4[C@H]23)cc1. The Morgan fingerprint density at radius 3 is 2.58 bits per heavy atom. The summed E-state index contributed by atoms with van der Waals surface area (Å²) in [5.74, 6) is 3.86. The van der Waals surface area contributed by atoms with Crippen LogP contribution in [0, 0.1) is 23.2 Å². The van der Waals surface area contributed by atoms with Gasteiger partial charge in [-0.2, -0.15) is 0 Å². The Hall–Kier alpha value is -2.29. The minimum Gasteiger partial charge on any atom is -0.508 e. The van der Waals surface area contributed by atoms with Crippen LogP contribution in [0.5, 0.6) is 11.5 Å². The average Bonchev–Trinajstić information content (AvgIpc) is 3.02. The van der Waals surface area contributed by atoms with Gasteiger partial charge in [-0.05, 0) is 124 Å². The molecule has 0 saturated heterocycles. The Morgan fingerprint density at radius 2 is 1.85 bits per heavy atom. The van der Waals surface area contributed by atoms with Crippen molar-refractivity contribution >= 4 is 5.78 Å². The zero-order chi connectivity index (χ0) is 23.4. The molecule has 5 rings (SSSR count). The van der Waals surface area contributed by atoms with Gasteiger partial charge in [0.05, 0.1) is 0 Å². The number of hydrogen-bond acceptors (Lipinski definition) is 3. The van der Waals surface area contributed by atoms with E-state index in [1.807, 2.05) is 12.1 Å². The third-order valence-corrected chi connectivity index (χ3v) is 8.71. The second-order valence-corrected chi connectivity index (χ2v) is 12.0. The van der Waals surface area contributed by atoms with Gasteiger partial charge in [0, 0.05) is 11.8 Å². The van der Waals surface area contributed by atoms with Crippen LogP contribution < -0.4 is 4.74 Å². The molecule has 33 heavy (non-hydrogen) atoms. The van der Waals surface area contributed by atoms with Crippen LogP contribution in [-0.2, 0) is 17.6 Å². The number of carbonyl (C=O) groups is 1. The lowest BCUT2D eigenvalue weighted by Gasteiger charge is -2.50. The van der Waals surface area contributed by atoms with Crippen LogP contribution in [0.2, 0.25) is 0 Å². The number of Topliss-reactive ketones (excluding diaryl/α,β-unsaturated/α-hetero) is 1. The highest BCUT2D eigenvalue weighted by atomic mass is 16.5. The maximum atomic E-state index is 13.2. The number of benzene rings is 2. The Balaban J connectivity index is 1.33. The molecular formula is C30H38O3. The van der Waals surface area contributed by atoms with Gasteiger partial charge in [0.15, 0.2) is 0 Å². The zero-order valence-electron chi connectivity index (χ0n) is 20.6. The molecule has 0 spiro atoms. The van der Waals surface area contributed by atoms with Crippen molar-refractivity contribution < 1.29 is 14.6 Å². The van der Waals surface area contributed by atoms with Gasteiger partial charge in [0.1, 0.15) is 22.9 Å². The van der Waals surface area contributed by atoms with Crippen LogP contribution in [0.25, 0.3) is 0 Å². The predicted molar refractivity (Wildman–Crippen MR) is 132 cm³/mol. The van der Waals surface area contributed by atoms with Crippen molar-refractivity contribution in [2.45, 2.75) is 84.2 Å². The standard InChI is InChI=1S/C30H38O3/c1-29(2,3)33-23-11-6-19(7-12-23)5-8-21-18-27(32)30(4)16-15-25-24-14-10-22(31)17-20(24)9-13-26(25)28(21)30/h6-7,10-12,14,17,21,25-26,28,31H,5,8-9,13,15-16,18H2,1-4H3/t21-,25-,26-,28+,30-/m1/s1. The molecule has 176 valence electrons. The summed E-state index contributed by atoms with van der Waals surface area (Å²) in [5.41, 5.74) is 3.74. The van der Waals surface area contributed by atoms with E-state index in [0.717, 1.165) is 50.7 Å². The van der Waals surface area contributed by atoms with Crippen molar-refractivity contribution in [1.82, 2.24) is 0 Å².